The lowest BCUT2D eigenvalue weighted by Gasteiger charge is -2.33. The summed E-state index contributed by atoms with van der Waals surface area (Å²) < 4.78 is 38.9. The third-order valence-corrected chi connectivity index (χ3v) is 8.29. The van der Waals surface area contributed by atoms with Crippen molar-refractivity contribution in [2.24, 2.45) is 0 Å². The summed E-state index contributed by atoms with van der Waals surface area (Å²) in [5.41, 5.74) is 2.12. The Morgan fingerprint density at radius 3 is 1.81 bits per heavy atom. The fourth-order valence-electron chi connectivity index (χ4n) is 4.05. The number of anilines is 3. The number of sulfone groups is 1. The highest BCUT2D eigenvalue weighted by atomic mass is 32.2. The molecule has 0 aromatic heterocycles. The van der Waals surface area contributed by atoms with Gasteiger partial charge in [-0.2, -0.15) is 0 Å². The molecule has 0 radical (unpaired) electrons. The van der Waals surface area contributed by atoms with Crippen molar-refractivity contribution in [2.45, 2.75) is 48.7 Å². The van der Waals surface area contributed by atoms with Crippen LogP contribution in [-0.2, 0) is 19.1 Å². The van der Waals surface area contributed by atoms with Crippen molar-refractivity contribution in [3.05, 3.63) is 72.8 Å². The minimum Gasteiger partial charge on any atom is -0.399 e. The molecule has 3 aromatic rings. The molecular formula is C24H24BNO4S. The minimum absolute atomic E-state index is 0.301. The highest BCUT2D eigenvalue weighted by Gasteiger charge is 2.51. The summed E-state index contributed by atoms with van der Waals surface area (Å²) in [6.45, 7) is 8.11. The van der Waals surface area contributed by atoms with Gasteiger partial charge in [0.25, 0.3) is 0 Å². The van der Waals surface area contributed by atoms with Gasteiger partial charge in [0.1, 0.15) is 0 Å². The van der Waals surface area contributed by atoms with E-state index in [1.54, 1.807) is 24.3 Å². The second-order valence-corrected chi connectivity index (χ2v) is 10.8. The summed E-state index contributed by atoms with van der Waals surface area (Å²) in [4.78, 5) is 2.59. The van der Waals surface area contributed by atoms with Crippen molar-refractivity contribution in [3.8, 4) is 0 Å². The fourth-order valence-corrected chi connectivity index (χ4v) is 5.68. The van der Waals surface area contributed by atoms with Gasteiger partial charge in [-0.3, -0.25) is 0 Å². The zero-order valence-corrected chi connectivity index (χ0v) is 18.8. The lowest BCUT2D eigenvalue weighted by atomic mass is 9.79. The van der Waals surface area contributed by atoms with Crippen LogP contribution in [0.25, 0.3) is 0 Å². The van der Waals surface area contributed by atoms with Gasteiger partial charge in [0.05, 0.1) is 32.4 Å². The molecule has 2 aliphatic heterocycles. The molecule has 0 aliphatic carbocycles. The number of rotatable bonds is 2. The molecule has 2 aliphatic rings. The van der Waals surface area contributed by atoms with Crippen LogP contribution in [0, 0.1) is 0 Å². The SMILES string of the molecule is CC1(C)OB(c2cccc(N3c4ccccc4S(=O)(=O)c4ccccc43)c2)OC1(C)C. The van der Waals surface area contributed by atoms with E-state index in [4.69, 9.17) is 9.31 Å². The van der Waals surface area contributed by atoms with E-state index < -0.39 is 28.2 Å². The Labute approximate surface area is 183 Å². The fraction of sp³-hybridized carbons (Fsp3) is 0.250. The minimum atomic E-state index is -3.59. The van der Waals surface area contributed by atoms with Gasteiger partial charge < -0.3 is 14.2 Å². The van der Waals surface area contributed by atoms with Gasteiger partial charge in [-0.25, -0.2) is 8.42 Å². The molecule has 2 heterocycles. The van der Waals surface area contributed by atoms with Gasteiger partial charge in [-0.1, -0.05) is 36.4 Å². The van der Waals surface area contributed by atoms with Gasteiger partial charge in [0.2, 0.25) is 9.84 Å². The Hall–Kier alpha value is -2.61. The molecule has 0 unspecified atom stereocenters. The number of nitrogens with zero attached hydrogens (tertiary/aromatic N) is 1. The highest BCUT2D eigenvalue weighted by molar-refractivity contribution is 7.92. The van der Waals surface area contributed by atoms with Gasteiger partial charge in [-0.15, -0.1) is 0 Å². The summed E-state index contributed by atoms with van der Waals surface area (Å²) in [6.07, 6.45) is 0. The van der Waals surface area contributed by atoms with Crippen LogP contribution in [0.2, 0.25) is 0 Å². The molecule has 158 valence electrons. The zero-order chi connectivity index (χ0) is 22.0. The van der Waals surface area contributed by atoms with E-state index in [2.05, 4.69) is 0 Å². The van der Waals surface area contributed by atoms with Crippen LogP contribution in [0.15, 0.2) is 82.6 Å². The first-order chi connectivity index (χ1) is 14.6. The van der Waals surface area contributed by atoms with Gasteiger partial charge >= 0.3 is 7.12 Å². The Morgan fingerprint density at radius 1 is 0.742 bits per heavy atom. The first-order valence-corrected chi connectivity index (χ1v) is 11.8. The maximum atomic E-state index is 13.2. The maximum absolute atomic E-state index is 13.2. The quantitative estimate of drug-likeness (QED) is 0.433. The van der Waals surface area contributed by atoms with Crippen LogP contribution >= 0.6 is 0 Å². The van der Waals surface area contributed by atoms with Crippen molar-refractivity contribution < 1.29 is 17.7 Å². The largest absolute Gasteiger partial charge is 0.494 e. The van der Waals surface area contributed by atoms with Crippen molar-refractivity contribution in [3.63, 3.8) is 0 Å². The maximum Gasteiger partial charge on any atom is 0.494 e. The molecule has 5 nitrogen and oxygen atoms in total. The number of fused-ring (bicyclic) bond motifs is 2. The molecule has 7 heteroatoms. The van der Waals surface area contributed by atoms with Gasteiger partial charge in [-0.05, 0) is 69.6 Å². The van der Waals surface area contributed by atoms with Crippen molar-refractivity contribution in [2.75, 3.05) is 4.90 Å². The predicted octanol–water partition coefficient (Wildman–Crippen LogP) is 4.60. The number of benzene rings is 3. The van der Waals surface area contributed by atoms with Crippen LogP contribution in [0.3, 0.4) is 0 Å². The van der Waals surface area contributed by atoms with E-state index >= 15 is 0 Å². The summed E-state index contributed by atoms with van der Waals surface area (Å²) in [5.74, 6) is 0. The van der Waals surface area contributed by atoms with E-state index in [9.17, 15) is 8.42 Å². The average Bonchev–Trinajstić information content (AvgIpc) is 2.96. The molecule has 0 spiro atoms. The zero-order valence-electron chi connectivity index (χ0n) is 18.0. The number of hydrogen-bond acceptors (Lipinski definition) is 5. The van der Waals surface area contributed by atoms with E-state index in [1.165, 1.54) is 0 Å². The van der Waals surface area contributed by atoms with E-state index in [0.717, 1.165) is 11.2 Å². The number of para-hydroxylation sites is 2. The Morgan fingerprint density at radius 2 is 1.26 bits per heavy atom. The van der Waals surface area contributed by atoms with Crippen molar-refractivity contribution in [1.82, 2.24) is 0 Å². The molecule has 0 saturated carbocycles. The molecule has 1 saturated heterocycles. The smallest absolute Gasteiger partial charge is 0.399 e. The molecule has 1 fully saturated rings. The lowest BCUT2D eigenvalue weighted by molar-refractivity contribution is 0.00578. The van der Waals surface area contributed by atoms with Gasteiger partial charge in [0, 0.05) is 5.69 Å². The summed E-state index contributed by atoms with van der Waals surface area (Å²) in [7, 11) is -4.09. The van der Waals surface area contributed by atoms with Crippen molar-refractivity contribution in [1.29, 1.82) is 0 Å². The molecule has 3 aromatic carbocycles. The van der Waals surface area contributed by atoms with Crippen LogP contribution < -0.4 is 10.4 Å². The molecule has 0 N–H and O–H groups in total. The van der Waals surface area contributed by atoms with Crippen LogP contribution in [-0.4, -0.2) is 26.7 Å². The van der Waals surface area contributed by atoms with Gasteiger partial charge in [0.15, 0.2) is 0 Å². The first-order valence-electron chi connectivity index (χ1n) is 10.3. The van der Waals surface area contributed by atoms with Crippen LogP contribution in [0.1, 0.15) is 27.7 Å². The molecule has 31 heavy (non-hydrogen) atoms. The van der Waals surface area contributed by atoms with Crippen LogP contribution in [0.5, 0.6) is 0 Å². The lowest BCUT2D eigenvalue weighted by Crippen LogP contribution is -2.41. The molecule has 5 rings (SSSR count). The summed E-state index contributed by atoms with van der Waals surface area (Å²) in [6, 6.07) is 22.1. The third kappa shape index (κ3) is 3.03. The Bertz CT molecular complexity index is 1220. The predicted molar refractivity (Wildman–Crippen MR) is 122 cm³/mol. The van der Waals surface area contributed by atoms with E-state index in [0.29, 0.717) is 21.2 Å². The van der Waals surface area contributed by atoms with Crippen molar-refractivity contribution >= 4 is 39.5 Å². The van der Waals surface area contributed by atoms with E-state index in [-0.39, 0.29) is 0 Å². The Kier molecular flexibility index (Phi) is 4.39. The highest BCUT2D eigenvalue weighted by Crippen LogP contribution is 2.47. The number of hydrogen-bond donors (Lipinski definition) is 0. The monoisotopic (exact) mass is 433 g/mol. The molecule has 0 amide bonds. The molecule has 0 bridgehead atoms. The molecular weight excluding hydrogens is 409 g/mol. The first kappa shape index (κ1) is 20.3. The third-order valence-electron chi connectivity index (χ3n) is 6.45. The second-order valence-electron chi connectivity index (χ2n) is 8.96. The second kappa shape index (κ2) is 6.69. The summed E-state index contributed by atoms with van der Waals surface area (Å²) >= 11 is 0. The Balaban J connectivity index is 1.65. The van der Waals surface area contributed by atoms with E-state index in [1.807, 2.05) is 81.1 Å². The standard InChI is InChI=1S/C24H24BNO4S/c1-23(2)24(3,4)30-25(29-23)17-10-9-11-18(16-17)26-19-12-5-7-14-21(19)31(27,28)22-15-8-6-13-20(22)26/h5-16H,1-4H3. The normalized spacial score (nSPS) is 20.3. The topological polar surface area (TPSA) is 55.8 Å². The molecule has 0 atom stereocenters. The van der Waals surface area contributed by atoms with Crippen LogP contribution in [0.4, 0.5) is 17.1 Å². The summed E-state index contributed by atoms with van der Waals surface area (Å²) in [5, 5.41) is 0. The average molecular weight is 433 g/mol.